The van der Waals surface area contributed by atoms with Crippen LogP contribution in [0.3, 0.4) is 0 Å². The van der Waals surface area contributed by atoms with Crippen molar-refractivity contribution in [3.8, 4) is 0 Å². The van der Waals surface area contributed by atoms with Gasteiger partial charge in [-0.3, -0.25) is 0 Å². The Hall–Kier alpha value is -0.0757. The summed E-state index contributed by atoms with van der Waals surface area (Å²) in [5.74, 6) is -0.981. The first-order chi connectivity index (χ1) is 4.18. The molecule has 1 N–H and O–H groups in total. The zero-order chi connectivity index (χ0) is 7.70. The number of carbonyl (C=O) groups is 1. The number of aliphatic carboxylic acids is 1. The van der Waals surface area contributed by atoms with Gasteiger partial charge in [-0.1, -0.05) is 19.9 Å². The van der Waals surface area contributed by atoms with Gasteiger partial charge in [0.05, 0.1) is 0 Å². The van der Waals surface area contributed by atoms with E-state index in [0.717, 1.165) is 12.5 Å². The van der Waals surface area contributed by atoms with E-state index in [-0.39, 0.29) is 21.7 Å². The molecule has 0 aromatic rings. The third-order valence-corrected chi connectivity index (χ3v) is 0.528. The molecular formula is C7H13O2Ti-. The molecule has 0 aliphatic rings. The Kier molecular flexibility index (Phi) is 26.3. The van der Waals surface area contributed by atoms with Crippen molar-refractivity contribution in [3.05, 3.63) is 19.6 Å². The molecule has 3 heteroatoms. The van der Waals surface area contributed by atoms with Crippen LogP contribution in [0, 0.1) is 6.92 Å². The quantitative estimate of drug-likeness (QED) is 0.397. The summed E-state index contributed by atoms with van der Waals surface area (Å²) in [6.07, 6.45) is 3.11. The van der Waals surface area contributed by atoms with Crippen LogP contribution in [0.2, 0.25) is 0 Å². The van der Waals surface area contributed by atoms with E-state index in [1.165, 1.54) is 6.42 Å². The maximum absolute atomic E-state index is 9.25. The minimum absolute atomic E-state index is 0. The van der Waals surface area contributed by atoms with Crippen molar-refractivity contribution in [2.45, 2.75) is 19.8 Å². The van der Waals surface area contributed by atoms with Crippen LogP contribution in [0.25, 0.3) is 0 Å². The molecule has 0 saturated carbocycles. The van der Waals surface area contributed by atoms with Crippen molar-refractivity contribution in [1.29, 1.82) is 0 Å². The molecule has 0 bridgehead atoms. The van der Waals surface area contributed by atoms with E-state index in [1.807, 2.05) is 0 Å². The van der Waals surface area contributed by atoms with E-state index >= 15 is 0 Å². The Morgan fingerprint density at radius 1 is 1.80 bits per heavy atom. The molecule has 0 aromatic carbocycles. The number of rotatable bonds is 2. The molecule has 0 aliphatic carbocycles. The summed E-state index contributed by atoms with van der Waals surface area (Å²) in [7, 11) is 0. The number of hydrogen-bond donors (Lipinski definition) is 1. The Morgan fingerprint density at radius 2 is 2.00 bits per heavy atom. The molecule has 10 heavy (non-hydrogen) atoms. The summed E-state index contributed by atoms with van der Waals surface area (Å²) in [4.78, 5) is 9.25. The first-order valence-corrected chi connectivity index (χ1v) is 2.83. The van der Waals surface area contributed by atoms with Crippen LogP contribution in [0.5, 0.6) is 0 Å². The molecule has 2 nitrogen and oxygen atoms in total. The van der Waals surface area contributed by atoms with Crippen LogP contribution in [-0.2, 0) is 26.5 Å². The van der Waals surface area contributed by atoms with Gasteiger partial charge in [-0.05, 0) is 0 Å². The van der Waals surface area contributed by atoms with Gasteiger partial charge in [0.2, 0.25) is 0 Å². The molecule has 0 heterocycles. The van der Waals surface area contributed by atoms with Gasteiger partial charge in [0.25, 0.3) is 0 Å². The predicted molar refractivity (Wildman–Crippen MR) is 38.1 cm³/mol. The monoisotopic (exact) mass is 177 g/mol. The minimum atomic E-state index is -0.981. The third-order valence-electron chi connectivity index (χ3n) is 0.528. The van der Waals surface area contributed by atoms with Crippen molar-refractivity contribution in [2.24, 2.45) is 0 Å². The van der Waals surface area contributed by atoms with Gasteiger partial charge in [-0.25, -0.2) is 4.79 Å². The van der Waals surface area contributed by atoms with E-state index in [1.54, 1.807) is 0 Å². The summed E-state index contributed by atoms with van der Waals surface area (Å²) in [5.41, 5.74) is 0. The van der Waals surface area contributed by atoms with E-state index in [9.17, 15) is 4.79 Å². The molecule has 0 atom stereocenters. The molecule has 58 valence electrons. The van der Waals surface area contributed by atoms with Crippen LogP contribution in [0.15, 0.2) is 12.7 Å². The predicted octanol–water partition coefficient (Wildman–Crippen LogP) is 1.88. The van der Waals surface area contributed by atoms with Crippen molar-refractivity contribution in [1.82, 2.24) is 0 Å². The summed E-state index contributed by atoms with van der Waals surface area (Å²) < 4.78 is 0. The van der Waals surface area contributed by atoms with Gasteiger partial charge < -0.3 is 12.0 Å². The van der Waals surface area contributed by atoms with Gasteiger partial charge in [0, 0.05) is 27.8 Å². The van der Waals surface area contributed by atoms with E-state index in [2.05, 4.69) is 20.4 Å². The molecule has 0 amide bonds. The van der Waals surface area contributed by atoms with Crippen molar-refractivity contribution < 1.29 is 31.6 Å². The molecule has 0 saturated heterocycles. The van der Waals surface area contributed by atoms with E-state index in [0.29, 0.717) is 0 Å². The summed E-state index contributed by atoms with van der Waals surface area (Å²) in [6, 6.07) is 0. The second-order valence-corrected chi connectivity index (χ2v) is 1.40. The fourth-order valence-electron chi connectivity index (χ4n) is 0. The number of carboxylic acid groups (broad SMARTS) is 1. The topological polar surface area (TPSA) is 37.3 Å². The standard InChI is InChI=1S/C4H9.C3H4O2.Ti/c1-3-4-2;1-2-3(4)5;/h1,3-4H2,2H3;2H,1H2,(H,4,5);/q-1;;. The normalized spacial score (nSPS) is 6.20. The van der Waals surface area contributed by atoms with Crippen LogP contribution in [0.1, 0.15) is 19.8 Å². The third kappa shape index (κ3) is 44.4. The van der Waals surface area contributed by atoms with Crippen molar-refractivity contribution in [2.75, 3.05) is 0 Å². The first kappa shape index (κ1) is 16.5. The Labute approximate surface area is 77.2 Å². The largest absolute Gasteiger partial charge is 0.478 e. The molecule has 0 unspecified atom stereocenters. The van der Waals surface area contributed by atoms with E-state index in [4.69, 9.17) is 5.11 Å². The maximum Gasteiger partial charge on any atom is 0.327 e. The minimum Gasteiger partial charge on any atom is -0.478 e. The van der Waals surface area contributed by atoms with Gasteiger partial charge in [-0.2, -0.15) is 6.42 Å². The fraction of sp³-hybridized carbons (Fsp3) is 0.429. The zero-order valence-corrected chi connectivity index (χ0v) is 7.82. The first-order valence-electron chi connectivity index (χ1n) is 2.83. The van der Waals surface area contributed by atoms with Gasteiger partial charge in [0.15, 0.2) is 0 Å². The second-order valence-electron chi connectivity index (χ2n) is 1.40. The average molecular weight is 177 g/mol. The SMILES string of the molecule is C=CC(=O)O.[CH2-]CCC.[Ti]. The van der Waals surface area contributed by atoms with Crippen LogP contribution in [0.4, 0.5) is 0 Å². The Morgan fingerprint density at radius 3 is 2.00 bits per heavy atom. The van der Waals surface area contributed by atoms with Crippen LogP contribution < -0.4 is 0 Å². The van der Waals surface area contributed by atoms with Gasteiger partial charge >= 0.3 is 5.97 Å². The van der Waals surface area contributed by atoms with Gasteiger partial charge in [-0.15, -0.1) is 0 Å². The smallest absolute Gasteiger partial charge is 0.327 e. The molecule has 0 radical (unpaired) electrons. The Balaban J connectivity index is -0.0000000910. The van der Waals surface area contributed by atoms with Gasteiger partial charge in [0.1, 0.15) is 0 Å². The summed E-state index contributed by atoms with van der Waals surface area (Å²) in [5, 5.41) is 7.60. The number of carboxylic acids is 1. The van der Waals surface area contributed by atoms with Crippen LogP contribution in [-0.4, -0.2) is 11.1 Å². The van der Waals surface area contributed by atoms with E-state index < -0.39 is 5.97 Å². The molecular weight excluding hydrogens is 164 g/mol. The maximum atomic E-state index is 9.25. The molecule has 0 rings (SSSR count). The summed E-state index contributed by atoms with van der Waals surface area (Å²) >= 11 is 0. The average Bonchev–Trinajstić information content (AvgIpc) is 1.89. The van der Waals surface area contributed by atoms with Crippen molar-refractivity contribution >= 4 is 5.97 Å². The Bertz CT molecular complexity index is 79.7. The fourth-order valence-corrected chi connectivity index (χ4v) is 0. The van der Waals surface area contributed by atoms with Crippen LogP contribution >= 0.6 is 0 Å². The molecule has 0 aliphatic heterocycles. The molecule has 0 spiro atoms. The summed E-state index contributed by atoms with van der Waals surface area (Å²) in [6.45, 7) is 8.68. The number of unbranched alkanes of at least 4 members (excludes halogenated alkanes) is 1. The molecule has 0 fully saturated rings. The molecule has 0 aromatic heterocycles. The number of hydrogen-bond acceptors (Lipinski definition) is 1. The zero-order valence-electron chi connectivity index (χ0n) is 6.26. The second kappa shape index (κ2) is 16.0. The van der Waals surface area contributed by atoms with Crippen molar-refractivity contribution in [3.63, 3.8) is 0 Å².